The van der Waals surface area contributed by atoms with Crippen molar-refractivity contribution in [2.45, 2.75) is 5.37 Å². The predicted molar refractivity (Wildman–Crippen MR) is 64.0 cm³/mol. The fraction of sp³-hybridized carbons (Fsp3) is 0.364. The number of hydrogen-bond acceptors (Lipinski definition) is 2. The van der Waals surface area contributed by atoms with Crippen molar-refractivity contribution in [1.29, 1.82) is 0 Å². The van der Waals surface area contributed by atoms with E-state index < -0.39 is 0 Å². The number of amides is 1. The number of rotatable bonds is 2. The van der Waals surface area contributed by atoms with Gasteiger partial charge in [0.05, 0.1) is 0 Å². The maximum Gasteiger partial charge on any atom is 0.238 e. The molecule has 1 heterocycles. The van der Waals surface area contributed by atoms with E-state index in [-0.39, 0.29) is 23.0 Å². The Morgan fingerprint density at radius 3 is 3.00 bits per heavy atom. The minimum Gasteiger partial charge on any atom is -0.325 e. The van der Waals surface area contributed by atoms with Crippen LogP contribution in [0.3, 0.4) is 0 Å². The largest absolute Gasteiger partial charge is 0.325 e. The third-order valence-electron chi connectivity index (χ3n) is 2.50. The SMILES string of the molecule is O=C(CCl)N1CCS[C@@H]1c1ccccc1F. The summed E-state index contributed by atoms with van der Waals surface area (Å²) in [5, 5.41) is -0.229. The first-order chi connectivity index (χ1) is 7.74. The molecule has 1 aliphatic rings. The number of benzene rings is 1. The van der Waals surface area contributed by atoms with E-state index >= 15 is 0 Å². The van der Waals surface area contributed by atoms with E-state index in [0.717, 1.165) is 5.75 Å². The van der Waals surface area contributed by atoms with E-state index in [0.29, 0.717) is 12.1 Å². The Labute approximate surface area is 103 Å². The van der Waals surface area contributed by atoms with Crippen molar-refractivity contribution in [1.82, 2.24) is 4.90 Å². The average molecular weight is 260 g/mol. The highest BCUT2D eigenvalue weighted by Gasteiger charge is 2.31. The van der Waals surface area contributed by atoms with E-state index in [9.17, 15) is 9.18 Å². The van der Waals surface area contributed by atoms with Gasteiger partial charge in [0.2, 0.25) is 5.91 Å². The number of nitrogens with zero attached hydrogens (tertiary/aromatic N) is 1. The van der Waals surface area contributed by atoms with Crippen LogP contribution in [0, 0.1) is 5.82 Å². The molecule has 0 bridgehead atoms. The highest BCUT2D eigenvalue weighted by Crippen LogP contribution is 2.38. The third kappa shape index (κ3) is 2.18. The normalized spacial score (nSPS) is 20.1. The number of carbonyl (C=O) groups is 1. The summed E-state index contributed by atoms with van der Waals surface area (Å²) >= 11 is 7.10. The number of hydrogen-bond donors (Lipinski definition) is 0. The van der Waals surface area contributed by atoms with E-state index in [1.165, 1.54) is 6.07 Å². The van der Waals surface area contributed by atoms with Gasteiger partial charge in [-0.05, 0) is 6.07 Å². The third-order valence-corrected chi connectivity index (χ3v) is 3.97. The van der Waals surface area contributed by atoms with Crippen LogP contribution in [0.5, 0.6) is 0 Å². The molecule has 1 aromatic rings. The minimum absolute atomic E-state index is 0.0501. The number of thioether (sulfide) groups is 1. The second-order valence-corrected chi connectivity index (χ2v) is 4.92. The van der Waals surface area contributed by atoms with Gasteiger partial charge in [-0.25, -0.2) is 4.39 Å². The zero-order valence-electron chi connectivity index (χ0n) is 8.53. The molecule has 86 valence electrons. The van der Waals surface area contributed by atoms with Crippen LogP contribution < -0.4 is 0 Å². The van der Waals surface area contributed by atoms with E-state index in [4.69, 9.17) is 11.6 Å². The molecule has 2 rings (SSSR count). The van der Waals surface area contributed by atoms with Crippen LogP contribution in [0.2, 0.25) is 0 Å². The van der Waals surface area contributed by atoms with Crippen LogP contribution in [0.25, 0.3) is 0 Å². The van der Waals surface area contributed by atoms with Gasteiger partial charge in [0.15, 0.2) is 0 Å². The molecule has 5 heteroatoms. The molecule has 1 aliphatic heterocycles. The molecule has 0 aromatic heterocycles. The molecule has 1 atom stereocenters. The molecule has 0 unspecified atom stereocenters. The van der Waals surface area contributed by atoms with E-state index in [2.05, 4.69) is 0 Å². The van der Waals surface area contributed by atoms with Crippen LogP contribution in [0.4, 0.5) is 4.39 Å². The van der Waals surface area contributed by atoms with Gasteiger partial charge in [0, 0.05) is 17.9 Å². The predicted octanol–water partition coefficient (Wildman–Crippen LogP) is 2.64. The van der Waals surface area contributed by atoms with Crippen molar-refractivity contribution in [3.63, 3.8) is 0 Å². The summed E-state index contributed by atoms with van der Waals surface area (Å²) in [6.45, 7) is 0.634. The van der Waals surface area contributed by atoms with Gasteiger partial charge in [0.1, 0.15) is 17.1 Å². The standard InChI is InChI=1S/C11H11ClFNOS/c12-7-10(15)14-5-6-16-11(14)8-3-1-2-4-9(8)13/h1-4,11H,5-7H2/t11-/m1/s1. The van der Waals surface area contributed by atoms with E-state index in [1.54, 1.807) is 34.9 Å². The number of carbonyl (C=O) groups excluding carboxylic acids is 1. The summed E-state index contributed by atoms with van der Waals surface area (Å²) < 4.78 is 13.6. The van der Waals surface area contributed by atoms with Crippen molar-refractivity contribution >= 4 is 29.3 Å². The number of alkyl halides is 1. The Bertz CT molecular complexity index is 401. The average Bonchev–Trinajstić information content (AvgIpc) is 2.77. The van der Waals surface area contributed by atoms with Crippen molar-refractivity contribution in [3.8, 4) is 0 Å². The Morgan fingerprint density at radius 1 is 1.56 bits per heavy atom. The lowest BCUT2D eigenvalue weighted by Gasteiger charge is -2.23. The Kier molecular flexibility index (Phi) is 3.71. The first-order valence-corrected chi connectivity index (χ1v) is 6.54. The molecule has 2 nitrogen and oxygen atoms in total. The van der Waals surface area contributed by atoms with Gasteiger partial charge in [-0.3, -0.25) is 4.79 Å². The molecule has 1 fully saturated rings. The van der Waals surface area contributed by atoms with Gasteiger partial charge in [-0.1, -0.05) is 18.2 Å². The minimum atomic E-state index is -0.269. The van der Waals surface area contributed by atoms with Gasteiger partial charge < -0.3 is 4.90 Å². The van der Waals surface area contributed by atoms with Crippen LogP contribution in [0.1, 0.15) is 10.9 Å². The molecular formula is C11H11ClFNOS. The monoisotopic (exact) mass is 259 g/mol. The quantitative estimate of drug-likeness (QED) is 0.761. The molecule has 0 N–H and O–H groups in total. The van der Waals surface area contributed by atoms with Crippen molar-refractivity contribution in [3.05, 3.63) is 35.6 Å². The first kappa shape index (κ1) is 11.7. The number of halogens is 2. The van der Waals surface area contributed by atoms with Crippen LogP contribution >= 0.6 is 23.4 Å². The highest BCUT2D eigenvalue weighted by atomic mass is 35.5. The molecular weight excluding hydrogens is 249 g/mol. The van der Waals surface area contributed by atoms with Crippen molar-refractivity contribution in [2.75, 3.05) is 18.2 Å². The zero-order chi connectivity index (χ0) is 11.5. The fourth-order valence-electron chi connectivity index (χ4n) is 1.74. The molecule has 1 aromatic carbocycles. The van der Waals surface area contributed by atoms with E-state index in [1.807, 2.05) is 0 Å². The molecule has 0 radical (unpaired) electrons. The summed E-state index contributed by atoms with van der Waals surface area (Å²) in [6.07, 6.45) is 0. The lowest BCUT2D eigenvalue weighted by Crippen LogP contribution is -2.31. The molecule has 0 saturated carbocycles. The Morgan fingerprint density at radius 2 is 2.31 bits per heavy atom. The molecule has 0 spiro atoms. The topological polar surface area (TPSA) is 20.3 Å². The summed E-state index contributed by atoms with van der Waals surface area (Å²) in [5.41, 5.74) is 0.559. The van der Waals surface area contributed by atoms with Crippen molar-refractivity contribution in [2.24, 2.45) is 0 Å². The summed E-state index contributed by atoms with van der Waals surface area (Å²) in [6, 6.07) is 6.55. The van der Waals surface area contributed by atoms with Crippen LogP contribution in [-0.4, -0.2) is 29.0 Å². The van der Waals surface area contributed by atoms with Gasteiger partial charge in [0.25, 0.3) is 0 Å². The maximum atomic E-state index is 13.6. The van der Waals surface area contributed by atoms with Crippen LogP contribution in [0.15, 0.2) is 24.3 Å². The van der Waals surface area contributed by atoms with Gasteiger partial charge in [-0.15, -0.1) is 23.4 Å². The van der Waals surface area contributed by atoms with Gasteiger partial charge in [-0.2, -0.15) is 0 Å². The molecule has 0 aliphatic carbocycles. The lowest BCUT2D eigenvalue weighted by atomic mass is 10.2. The molecule has 16 heavy (non-hydrogen) atoms. The Balaban J connectivity index is 2.27. The van der Waals surface area contributed by atoms with Gasteiger partial charge >= 0.3 is 0 Å². The van der Waals surface area contributed by atoms with Crippen LogP contribution in [-0.2, 0) is 4.79 Å². The highest BCUT2D eigenvalue weighted by molar-refractivity contribution is 7.99. The fourth-order valence-corrected chi connectivity index (χ4v) is 3.19. The lowest BCUT2D eigenvalue weighted by molar-refractivity contribution is -0.128. The smallest absolute Gasteiger partial charge is 0.238 e. The molecule has 1 saturated heterocycles. The first-order valence-electron chi connectivity index (χ1n) is 4.95. The molecule has 1 amide bonds. The summed E-state index contributed by atoms with van der Waals surface area (Å²) in [4.78, 5) is 13.2. The second kappa shape index (κ2) is 5.06. The summed E-state index contributed by atoms with van der Waals surface area (Å²) in [7, 11) is 0. The maximum absolute atomic E-state index is 13.6. The second-order valence-electron chi connectivity index (χ2n) is 3.47. The Hall–Kier alpha value is -0.740. The van der Waals surface area contributed by atoms with Crippen molar-refractivity contribution < 1.29 is 9.18 Å². The zero-order valence-corrected chi connectivity index (χ0v) is 10.1. The summed E-state index contributed by atoms with van der Waals surface area (Å²) in [5.74, 6) is 0.363.